The van der Waals surface area contributed by atoms with Crippen molar-refractivity contribution >= 4 is 5.69 Å². The standard InChI is InChI=1S/C14H23N3/c1-11-5-6-15-9-12(11)17-8-7-16-13(10-17)14(2,3)4/h5-6,9,13,16H,7-8,10H2,1-4H3. The van der Waals surface area contributed by atoms with Gasteiger partial charge in [0.15, 0.2) is 0 Å². The number of nitrogens with zero attached hydrogens (tertiary/aromatic N) is 2. The highest BCUT2D eigenvalue weighted by atomic mass is 15.2. The molecule has 1 aliphatic heterocycles. The van der Waals surface area contributed by atoms with Gasteiger partial charge in [-0.15, -0.1) is 0 Å². The fraction of sp³-hybridized carbons (Fsp3) is 0.643. The molecule has 1 aromatic rings. The average Bonchev–Trinajstić information content (AvgIpc) is 2.29. The number of pyridine rings is 1. The molecule has 0 amide bonds. The zero-order valence-electron chi connectivity index (χ0n) is 11.3. The Bertz CT molecular complexity index is 381. The molecule has 1 unspecified atom stereocenters. The fourth-order valence-corrected chi connectivity index (χ4v) is 2.34. The van der Waals surface area contributed by atoms with Crippen LogP contribution in [0.1, 0.15) is 26.3 Å². The maximum atomic E-state index is 4.25. The Morgan fingerprint density at radius 2 is 2.18 bits per heavy atom. The lowest BCUT2D eigenvalue weighted by molar-refractivity contribution is 0.254. The second kappa shape index (κ2) is 4.65. The zero-order chi connectivity index (χ0) is 12.5. The largest absolute Gasteiger partial charge is 0.367 e. The Morgan fingerprint density at radius 1 is 1.41 bits per heavy atom. The summed E-state index contributed by atoms with van der Waals surface area (Å²) in [6.07, 6.45) is 3.85. The van der Waals surface area contributed by atoms with E-state index in [-0.39, 0.29) is 0 Å². The first kappa shape index (κ1) is 12.4. The van der Waals surface area contributed by atoms with Crippen LogP contribution in [-0.2, 0) is 0 Å². The SMILES string of the molecule is Cc1ccncc1N1CCNC(C(C)(C)C)C1. The number of aromatic nitrogens is 1. The second-order valence-corrected chi connectivity index (χ2v) is 5.98. The van der Waals surface area contributed by atoms with Gasteiger partial charge in [-0.1, -0.05) is 20.8 Å². The summed E-state index contributed by atoms with van der Waals surface area (Å²) in [6.45, 7) is 12.2. The number of piperazine rings is 1. The Kier molecular flexibility index (Phi) is 3.38. The summed E-state index contributed by atoms with van der Waals surface area (Å²) in [5.41, 5.74) is 2.90. The third kappa shape index (κ3) is 2.78. The lowest BCUT2D eigenvalue weighted by Gasteiger charge is -2.41. The predicted molar refractivity (Wildman–Crippen MR) is 72.4 cm³/mol. The second-order valence-electron chi connectivity index (χ2n) is 5.98. The first-order chi connectivity index (χ1) is 7.98. The molecular formula is C14H23N3. The summed E-state index contributed by atoms with van der Waals surface area (Å²) < 4.78 is 0. The molecule has 1 N–H and O–H groups in total. The van der Waals surface area contributed by atoms with Gasteiger partial charge in [0.05, 0.1) is 11.9 Å². The van der Waals surface area contributed by atoms with Gasteiger partial charge in [0.25, 0.3) is 0 Å². The maximum Gasteiger partial charge on any atom is 0.0583 e. The van der Waals surface area contributed by atoms with Crippen LogP contribution in [0.5, 0.6) is 0 Å². The predicted octanol–water partition coefficient (Wildman–Crippen LogP) is 2.21. The Hall–Kier alpha value is -1.09. The van der Waals surface area contributed by atoms with Gasteiger partial charge in [0.2, 0.25) is 0 Å². The lowest BCUT2D eigenvalue weighted by Crippen LogP contribution is -2.56. The van der Waals surface area contributed by atoms with E-state index in [0.717, 1.165) is 19.6 Å². The van der Waals surface area contributed by atoms with Gasteiger partial charge in [-0.3, -0.25) is 4.98 Å². The monoisotopic (exact) mass is 233 g/mol. The van der Waals surface area contributed by atoms with Gasteiger partial charge in [0.1, 0.15) is 0 Å². The van der Waals surface area contributed by atoms with Crippen molar-refractivity contribution in [3.8, 4) is 0 Å². The molecule has 3 nitrogen and oxygen atoms in total. The molecule has 1 saturated heterocycles. The molecule has 2 rings (SSSR count). The molecule has 1 atom stereocenters. The summed E-state index contributed by atoms with van der Waals surface area (Å²) in [5, 5.41) is 3.62. The van der Waals surface area contributed by atoms with Gasteiger partial charge in [-0.05, 0) is 24.0 Å². The van der Waals surface area contributed by atoms with Crippen LogP contribution in [0.2, 0.25) is 0 Å². The van der Waals surface area contributed by atoms with Crippen molar-refractivity contribution in [2.75, 3.05) is 24.5 Å². The Morgan fingerprint density at radius 3 is 2.82 bits per heavy atom. The summed E-state index contributed by atoms with van der Waals surface area (Å²) >= 11 is 0. The average molecular weight is 233 g/mol. The first-order valence-corrected chi connectivity index (χ1v) is 6.37. The topological polar surface area (TPSA) is 28.2 Å². The minimum atomic E-state index is 0.300. The molecule has 0 radical (unpaired) electrons. The zero-order valence-corrected chi connectivity index (χ0v) is 11.3. The van der Waals surface area contributed by atoms with Crippen molar-refractivity contribution in [2.24, 2.45) is 5.41 Å². The molecule has 1 aliphatic rings. The van der Waals surface area contributed by atoms with Crippen LogP contribution in [0.4, 0.5) is 5.69 Å². The number of nitrogens with one attached hydrogen (secondary N) is 1. The van der Waals surface area contributed by atoms with E-state index >= 15 is 0 Å². The van der Waals surface area contributed by atoms with E-state index in [0.29, 0.717) is 11.5 Å². The normalized spacial score (nSPS) is 21.6. The first-order valence-electron chi connectivity index (χ1n) is 6.37. The minimum Gasteiger partial charge on any atom is -0.367 e. The van der Waals surface area contributed by atoms with E-state index in [4.69, 9.17) is 0 Å². The molecule has 0 aliphatic carbocycles. The van der Waals surface area contributed by atoms with Gasteiger partial charge >= 0.3 is 0 Å². The van der Waals surface area contributed by atoms with E-state index in [1.807, 2.05) is 12.4 Å². The highest BCUT2D eigenvalue weighted by molar-refractivity contribution is 5.51. The van der Waals surface area contributed by atoms with E-state index in [1.165, 1.54) is 11.3 Å². The van der Waals surface area contributed by atoms with Crippen molar-refractivity contribution in [1.82, 2.24) is 10.3 Å². The molecular weight excluding hydrogens is 210 g/mol. The van der Waals surface area contributed by atoms with Gasteiger partial charge in [-0.25, -0.2) is 0 Å². The van der Waals surface area contributed by atoms with E-state index in [2.05, 4.69) is 49.0 Å². The van der Waals surface area contributed by atoms with E-state index in [9.17, 15) is 0 Å². The number of anilines is 1. The highest BCUT2D eigenvalue weighted by Gasteiger charge is 2.29. The highest BCUT2D eigenvalue weighted by Crippen LogP contribution is 2.25. The van der Waals surface area contributed by atoms with Crippen LogP contribution in [0.15, 0.2) is 18.5 Å². The number of hydrogen-bond acceptors (Lipinski definition) is 3. The van der Waals surface area contributed by atoms with E-state index in [1.54, 1.807) is 0 Å². The third-order valence-corrected chi connectivity index (χ3v) is 3.57. The fourth-order valence-electron chi connectivity index (χ4n) is 2.34. The van der Waals surface area contributed by atoms with E-state index < -0.39 is 0 Å². The molecule has 0 spiro atoms. The van der Waals surface area contributed by atoms with Crippen LogP contribution in [0.25, 0.3) is 0 Å². The van der Waals surface area contributed by atoms with Crippen LogP contribution in [0.3, 0.4) is 0 Å². The minimum absolute atomic E-state index is 0.300. The molecule has 0 saturated carbocycles. The molecule has 17 heavy (non-hydrogen) atoms. The van der Waals surface area contributed by atoms with Crippen molar-refractivity contribution in [1.29, 1.82) is 0 Å². The molecule has 2 heterocycles. The maximum absolute atomic E-state index is 4.25. The van der Waals surface area contributed by atoms with Crippen LogP contribution < -0.4 is 10.2 Å². The molecule has 0 aromatic carbocycles. The van der Waals surface area contributed by atoms with Gasteiger partial charge in [0, 0.05) is 31.9 Å². The van der Waals surface area contributed by atoms with Crippen molar-refractivity contribution in [3.63, 3.8) is 0 Å². The molecule has 0 bridgehead atoms. The summed E-state index contributed by atoms with van der Waals surface area (Å²) in [6, 6.07) is 2.62. The van der Waals surface area contributed by atoms with Crippen molar-refractivity contribution in [2.45, 2.75) is 33.7 Å². The Balaban J connectivity index is 2.15. The number of aryl methyl sites for hydroxylation is 1. The molecule has 94 valence electrons. The molecule has 3 heteroatoms. The smallest absolute Gasteiger partial charge is 0.0583 e. The Labute approximate surface area is 104 Å². The quantitative estimate of drug-likeness (QED) is 0.806. The molecule has 1 aromatic heterocycles. The van der Waals surface area contributed by atoms with Crippen LogP contribution >= 0.6 is 0 Å². The number of rotatable bonds is 1. The van der Waals surface area contributed by atoms with Crippen molar-refractivity contribution in [3.05, 3.63) is 24.0 Å². The lowest BCUT2D eigenvalue weighted by atomic mass is 9.85. The van der Waals surface area contributed by atoms with Crippen LogP contribution in [0, 0.1) is 12.3 Å². The van der Waals surface area contributed by atoms with Crippen molar-refractivity contribution < 1.29 is 0 Å². The molecule has 1 fully saturated rings. The summed E-state index contributed by atoms with van der Waals surface area (Å²) in [5.74, 6) is 0. The van der Waals surface area contributed by atoms with Gasteiger partial charge < -0.3 is 10.2 Å². The van der Waals surface area contributed by atoms with Gasteiger partial charge in [-0.2, -0.15) is 0 Å². The third-order valence-electron chi connectivity index (χ3n) is 3.57. The summed E-state index contributed by atoms with van der Waals surface area (Å²) in [7, 11) is 0. The van der Waals surface area contributed by atoms with Crippen LogP contribution in [-0.4, -0.2) is 30.7 Å². The summed E-state index contributed by atoms with van der Waals surface area (Å²) in [4.78, 5) is 6.70. The number of hydrogen-bond donors (Lipinski definition) is 1.